The molecular weight excluding hydrogens is 412 g/mol. The highest BCUT2D eigenvalue weighted by molar-refractivity contribution is 8.00. The Kier molecular flexibility index (Phi) is 6.46. The summed E-state index contributed by atoms with van der Waals surface area (Å²) in [4.78, 5) is 48.7. The van der Waals surface area contributed by atoms with Crippen LogP contribution in [0.15, 0.2) is 41.6 Å². The number of hydrogen-bond donors (Lipinski definition) is 2. The van der Waals surface area contributed by atoms with E-state index >= 15 is 0 Å². The summed E-state index contributed by atoms with van der Waals surface area (Å²) in [5, 5.41) is 11.6. The van der Waals surface area contributed by atoms with Gasteiger partial charge in [0.25, 0.3) is 5.91 Å². The van der Waals surface area contributed by atoms with Gasteiger partial charge >= 0.3 is 11.9 Å². The molecule has 0 bridgehead atoms. The van der Waals surface area contributed by atoms with Crippen molar-refractivity contribution in [1.29, 1.82) is 0 Å². The van der Waals surface area contributed by atoms with Crippen LogP contribution in [0.5, 0.6) is 5.75 Å². The first kappa shape index (κ1) is 21.4. The van der Waals surface area contributed by atoms with E-state index in [1.54, 1.807) is 30.3 Å². The van der Waals surface area contributed by atoms with E-state index < -0.39 is 35.2 Å². The van der Waals surface area contributed by atoms with E-state index in [2.05, 4.69) is 5.32 Å². The summed E-state index contributed by atoms with van der Waals surface area (Å²) in [5.41, 5.74) is 0.850. The SMILES string of the molecule is COc1ccccc1C=CC(=O)NC1C(=O)N2C(C(=O)O)=C(COC(C)=O)CSC12. The number of fused-ring (bicyclic) bond motifs is 1. The molecule has 2 N–H and O–H groups in total. The maximum atomic E-state index is 12.6. The molecule has 0 spiro atoms. The van der Waals surface area contributed by atoms with Gasteiger partial charge in [-0.2, -0.15) is 0 Å². The fourth-order valence-corrected chi connectivity index (χ4v) is 4.48. The Labute approximate surface area is 176 Å². The van der Waals surface area contributed by atoms with Gasteiger partial charge in [-0.3, -0.25) is 19.3 Å². The number of benzene rings is 1. The molecule has 3 rings (SSSR count). The van der Waals surface area contributed by atoms with Crippen LogP contribution in [0.4, 0.5) is 0 Å². The number of carbonyl (C=O) groups excluding carboxylic acids is 3. The van der Waals surface area contributed by atoms with Crippen LogP contribution in [-0.2, 0) is 23.9 Å². The predicted octanol–water partition coefficient (Wildman–Crippen LogP) is 1.01. The molecule has 1 fully saturated rings. The molecule has 0 aliphatic carbocycles. The number of β-lactam (4-membered cyclic amide) rings is 1. The maximum Gasteiger partial charge on any atom is 0.352 e. The lowest BCUT2D eigenvalue weighted by molar-refractivity contribution is -0.150. The van der Waals surface area contributed by atoms with Crippen LogP contribution in [0, 0.1) is 0 Å². The third-order valence-corrected chi connectivity index (χ3v) is 5.89. The van der Waals surface area contributed by atoms with Crippen LogP contribution in [-0.4, -0.2) is 64.6 Å². The Morgan fingerprint density at radius 3 is 2.73 bits per heavy atom. The van der Waals surface area contributed by atoms with E-state index in [4.69, 9.17) is 9.47 Å². The second-order valence-corrected chi connectivity index (χ2v) is 7.61. The molecule has 1 aromatic carbocycles. The molecule has 2 aliphatic heterocycles. The summed E-state index contributed by atoms with van der Waals surface area (Å²) in [6.45, 7) is 1.03. The number of para-hydroxylation sites is 1. The largest absolute Gasteiger partial charge is 0.496 e. The zero-order valence-electron chi connectivity index (χ0n) is 16.3. The average Bonchev–Trinajstić information content (AvgIpc) is 2.73. The number of nitrogens with one attached hydrogen (secondary N) is 1. The van der Waals surface area contributed by atoms with Gasteiger partial charge in [0.15, 0.2) is 0 Å². The standard InChI is InChI=1S/C20H20N2O7S/c1-11(23)29-9-13-10-30-19-16(18(25)22(19)17(13)20(26)27)21-15(24)8-7-12-5-3-4-6-14(12)28-2/h3-8,16,19H,9-10H2,1-2H3,(H,21,24)(H,26,27). The number of amides is 2. The summed E-state index contributed by atoms with van der Waals surface area (Å²) >= 11 is 1.30. The van der Waals surface area contributed by atoms with Gasteiger partial charge < -0.3 is 19.9 Å². The van der Waals surface area contributed by atoms with Gasteiger partial charge in [0.1, 0.15) is 29.5 Å². The van der Waals surface area contributed by atoms with Crippen molar-refractivity contribution in [3.63, 3.8) is 0 Å². The van der Waals surface area contributed by atoms with Crippen LogP contribution in [0.2, 0.25) is 0 Å². The number of methoxy groups -OCH3 is 1. The molecule has 0 aromatic heterocycles. The molecule has 2 aliphatic rings. The minimum Gasteiger partial charge on any atom is -0.496 e. The third kappa shape index (κ3) is 4.33. The van der Waals surface area contributed by atoms with Crippen LogP contribution < -0.4 is 10.1 Å². The smallest absolute Gasteiger partial charge is 0.352 e. The van der Waals surface area contributed by atoms with Crippen molar-refractivity contribution < 1.29 is 33.8 Å². The number of carboxylic acids is 1. The number of thioether (sulfide) groups is 1. The molecule has 158 valence electrons. The van der Waals surface area contributed by atoms with Crippen LogP contribution in [0.25, 0.3) is 6.08 Å². The number of carbonyl (C=O) groups is 4. The molecule has 1 saturated heterocycles. The number of hydrogen-bond acceptors (Lipinski definition) is 7. The molecule has 2 atom stereocenters. The highest BCUT2D eigenvalue weighted by Gasteiger charge is 2.54. The lowest BCUT2D eigenvalue weighted by Gasteiger charge is -2.49. The molecule has 9 nitrogen and oxygen atoms in total. The van der Waals surface area contributed by atoms with E-state index in [-0.39, 0.29) is 18.1 Å². The van der Waals surface area contributed by atoms with Gasteiger partial charge in [0, 0.05) is 29.9 Å². The van der Waals surface area contributed by atoms with Crippen molar-refractivity contribution >= 4 is 41.6 Å². The zero-order valence-corrected chi connectivity index (χ0v) is 17.1. The van der Waals surface area contributed by atoms with Gasteiger partial charge in [0.2, 0.25) is 5.91 Å². The van der Waals surface area contributed by atoms with Crippen molar-refractivity contribution in [2.75, 3.05) is 19.5 Å². The van der Waals surface area contributed by atoms with Gasteiger partial charge in [-0.05, 0) is 12.1 Å². The highest BCUT2D eigenvalue weighted by atomic mass is 32.2. The minimum atomic E-state index is -1.28. The monoisotopic (exact) mass is 432 g/mol. The number of nitrogens with zero attached hydrogens (tertiary/aromatic N) is 1. The fourth-order valence-electron chi connectivity index (χ4n) is 3.15. The fraction of sp³-hybridized carbons (Fsp3) is 0.300. The lowest BCUT2D eigenvalue weighted by atomic mass is 10.0. The van der Waals surface area contributed by atoms with E-state index in [0.717, 1.165) is 4.90 Å². The summed E-state index contributed by atoms with van der Waals surface area (Å²) in [6, 6.07) is 6.32. The van der Waals surface area contributed by atoms with Crippen LogP contribution >= 0.6 is 11.8 Å². The Bertz CT molecular complexity index is 956. The molecule has 2 heterocycles. The van der Waals surface area contributed by atoms with E-state index in [1.165, 1.54) is 31.9 Å². The van der Waals surface area contributed by atoms with Crippen molar-refractivity contribution in [3.8, 4) is 5.75 Å². The number of rotatable bonds is 7. The molecular formula is C20H20N2O7S. The molecule has 2 amide bonds. The quantitative estimate of drug-likeness (QED) is 0.372. The molecule has 2 unspecified atom stereocenters. The van der Waals surface area contributed by atoms with Gasteiger partial charge in [-0.25, -0.2) is 4.79 Å². The Balaban J connectivity index is 1.69. The van der Waals surface area contributed by atoms with E-state index in [9.17, 15) is 24.3 Å². The normalized spacial score (nSPS) is 20.5. The van der Waals surface area contributed by atoms with Crippen molar-refractivity contribution in [2.24, 2.45) is 0 Å². The third-order valence-electron chi connectivity index (χ3n) is 4.55. The van der Waals surface area contributed by atoms with Crippen molar-refractivity contribution in [2.45, 2.75) is 18.3 Å². The predicted molar refractivity (Wildman–Crippen MR) is 108 cm³/mol. The van der Waals surface area contributed by atoms with E-state index in [1.807, 2.05) is 0 Å². The molecule has 30 heavy (non-hydrogen) atoms. The number of aliphatic carboxylic acids is 1. The second kappa shape index (κ2) is 9.04. The zero-order chi connectivity index (χ0) is 21.8. The first-order valence-electron chi connectivity index (χ1n) is 8.98. The molecule has 0 saturated carbocycles. The molecule has 10 heteroatoms. The van der Waals surface area contributed by atoms with Crippen molar-refractivity contribution in [1.82, 2.24) is 10.2 Å². The maximum absolute atomic E-state index is 12.6. The topological polar surface area (TPSA) is 122 Å². The lowest BCUT2D eigenvalue weighted by Crippen LogP contribution is -2.70. The van der Waals surface area contributed by atoms with E-state index in [0.29, 0.717) is 16.9 Å². The summed E-state index contributed by atoms with van der Waals surface area (Å²) in [6.07, 6.45) is 2.87. The van der Waals surface area contributed by atoms with Gasteiger partial charge in [-0.15, -0.1) is 11.8 Å². The van der Waals surface area contributed by atoms with Gasteiger partial charge in [0.05, 0.1) is 7.11 Å². The summed E-state index contributed by atoms with van der Waals surface area (Å²) < 4.78 is 10.1. The van der Waals surface area contributed by atoms with Crippen molar-refractivity contribution in [3.05, 3.63) is 47.2 Å². The first-order valence-corrected chi connectivity index (χ1v) is 10.0. The average molecular weight is 432 g/mol. The van der Waals surface area contributed by atoms with Gasteiger partial charge in [-0.1, -0.05) is 18.2 Å². The molecule has 1 aromatic rings. The number of carboxylic acid groups (broad SMARTS) is 1. The first-order chi connectivity index (χ1) is 14.3. The minimum absolute atomic E-state index is 0.194. The Hall–Kier alpha value is -3.27. The Morgan fingerprint density at radius 2 is 2.07 bits per heavy atom. The highest BCUT2D eigenvalue weighted by Crippen LogP contribution is 2.40. The van der Waals surface area contributed by atoms with Crippen LogP contribution in [0.3, 0.4) is 0 Å². The number of ether oxygens (including phenoxy) is 2. The number of esters is 1. The second-order valence-electron chi connectivity index (χ2n) is 6.51. The molecule has 0 radical (unpaired) electrons. The van der Waals surface area contributed by atoms with Crippen LogP contribution in [0.1, 0.15) is 12.5 Å². The summed E-state index contributed by atoms with van der Waals surface area (Å²) in [5.74, 6) is -1.95. The summed E-state index contributed by atoms with van der Waals surface area (Å²) in [7, 11) is 1.53. The Morgan fingerprint density at radius 1 is 1.33 bits per heavy atom.